The van der Waals surface area contributed by atoms with Crippen LogP contribution >= 0.6 is 104 Å². The zero-order chi connectivity index (χ0) is 18.1. The van der Waals surface area contributed by atoms with Gasteiger partial charge in [-0.3, -0.25) is 0 Å². The van der Waals surface area contributed by atoms with E-state index in [4.69, 9.17) is 104 Å². The van der Waals surface area contributed by atoms with Crippen molar-refractivity contribution in [2.24, 2.45) is 0 Å². The zero-order valence-electron chi connectivity index (χ0n) is 11.5. The average molecular weight is 499 g/mol. The molecule has 0 unspecified atom stereocenters. The molecule has 0 spiro atoms. The first-order valence-electron chi connectivity index (χ1n) is 6.38. The van der Waals surface area contributed by atoms with Crippen molar-refractivity contribution in [2.45, 2.75) is 36.1 Å². The molecule has 0 N–H and O–H groups in total. The number of rotatable bonds is 6. The molecule has 0 saturated heterocycles. The van der Waals surface area contributed by atoms with E-state index in [1.54, 1.807) is 12.1 Å². The summed E-state index contributed by atoms with van der Waals surface area (Å²) in [5.74, 6) is 0. The van der Waals surface area contributed by atoms with Gasteiger partial charge in [0.2, 0.25) is 8.13 Å². The van der Waals surface area contributed by atoms with Crippen molar-refractivity contribution < 1.29 is 0 Å². The van der Waals surface area contributed by atoms with E-state index in [0.717, 1.165) is 24.8 Å². The number of unbranched alkanes of at least 4 members (excludes halogenated alkanes) is 1. The Kier molecular flexibility index (Phi) is 8.19. The van der Waals surface area contributed by atoms with E-state index in [1.807, 2.05) is 12.1 Å². The van der Waals surface area contributed by atoms with Crippen LogP contribution in [0, 0.1) is 6.92 Å². The minimum Gasteiger partial charge on any atom is -0.0943 e. The Bertz CT molecular complexity index is 514. The lowest BCUT2D eigenvalue weighted by Gasteiger charge is -2.44. The number of halogens is 9. The fraction of sp³-hybridized carbons (Fsp3) is 0.500. The van der Waals surface area contributed by atoms with Crippen molar-refractivity contribution in [3.8, 4) is 0 Å². The van der Waals surface area contributed by atoms with Gasteiger partial charge in [0.25, 0.3) is 0 Å². The highest BCUT2D eigenvalue weighted by Crippen LogP contribution is 2.65. The molecule has 1 aromatic carbocycles. The minimum absolute atomic E-state index is 0.365. The van der Waals surface area contributed by atoms with E-state index in [-0.39, 0.29) is 0 Å². The third-order valence-corrected chi connectivity index (χ3v) is 8.65. The summed E-state index contributed by atoms with van der Waals surface area (Å²) in [5.41, 5.74) is 1.45. The predicted molar refractivity (Wildman–Crippen MR) is 107 cm³/mol. The van der Waals surface area contributed by atoms with E-state index < -0.39 is 16.8 Å². The first kappa shape index (κ1) is 22.9. The summed E-state index contributed by atoms with van der Waals surface area (Å²) in [6, 6.07) is 7.02. The highest BCUT2D eigenvalue weighted by molar-refractivity contribution is 6.80. The van der Waals surface area contributed by atoms with E-state index in [2.05, 4.69) is 6.92 Å². The maximum Gasteiger partial charge on any atom is 0.226 e. The minimum atomic E-state index is -2.29. The van der Waals surface area contributed by atoms with E-state index in [0.29, 0.717) is 5.56 Å². The first-order valence-corrected chi connectivity index (χ1v) is 9.78. The molecule has 0 amide bonds. The van der Waals surface area contributed by atoms with Gasteiger partial charge < -0.3 is 0 Å². The van der Waals surface area contributed by atoms with Gasteiger partial charge in [-0.1, -0.05) is 142 Å². The normalized spacial score (nSPS) is 14.2. The molecule has 131 valence electrons. The van der Waals surface area contributed by atoms with Crippen LogP contribution in [0.25, 0.3) is 0 Å². The molecule has 0 aliphatic rings. The predicted octanol–water partition coefficient (Wildman–Crippen LogP) is 8.19. The molecule has 0 aliphatic heterocycles. The van der Waals surface area contributed by atoms with Gasteiger partial charge in [-0.2, -0.15) is 0 Å². The van der Waals surface area contributed by atoms with Crippen LogP contribution in [0.4, 0.5) is 0 Å². The molecule has 1 rings (SSSR count). The largest absolute Gasteiger partial charge is 0.226 e. The molecular weight excluding hydrogens is 487 g/mol. The molecule has 0 aromatic heterocycles. The summed E-state index contributed by atoms with van der Waals surface area (Å²) in [7, 11) is 0. The Labute approximate surface area is 181 Å². The van der Waals surface area contributed by atoms with Crippen molar-refractivity contribution in [2.75, 3.05) is 0 Å². The van der Waals surface area contributed by atoms with Crippen LogP contribution in [-0.4, -0.2) is 12.5 Å². The van der Waals surface area contributed by atoms with Gasteiger partial charge >= 0.3 is 0 Å². The molecule has 1 radical (unpaired) electrons. The number of aryl methyl sites for hydroxylation is 1. The number of hydrogen-bond acceptors (Lipinski definition) is 0. The first-order chi connectivity index (χ1) is 10.3. The topological polar surface area (TPSA) is 0 Å². The molecule has 0 aliphatic carbocycles. The smallest absolute Gasteiger partial charge is 0.0943 e. The lowest BCUT2D eigenvalue weighted by Crippen LogP contribution is -2.54. The zero-order valence-corrected chi connectivity index (χ0v) is 18.3. The molecule has 0 heterocycles. The van der Waals surface area contributed by atoms with Crippen molar-refractivity contribution in [3.63, 3.8) is 0 Å². The monoisotopic (exact) mass is 495 g/mol. The Hall–Kier alpha value is 1.83. The molecule has 0 nitrogen and oxygen atoms in total. The molecule has 9 heteroatoms. The third-order valence-electron chi connectivity index (χ3n) is 3.18. The van der Waals surface area contributed by atoms with E-state index >= 15 is 0 Å². The van der Waals surface area contributed by atoms with Gasteiger partial charge in [-0.25, -0.2) is 0 Å². The Morgan fingerprint density at radius 2 is 1.22 bits per heavy atom. The SMILES string of the molecule is [CH2]CCCc1ccc(C(Cl)(Cl)C(Cl)(Cl)C(Cl)(Cl)C(Cl)(Cl)Cl)cc1. The van der Waals surface area contributed by atoms with Crippen molar-refractivity contribution in [3.05, 3.63) is 42.3 Å². The van der Waals surface area contributed by atoms with Crippen molar-refractivity contribution in [1.82, 2.24) is 0 Å². The Morgan fingerprint density at radius 3 is 1.61 bits per heavy atom. The quantitative estimate of drug-likeness (QED) is 0.346. The van der Waals surface area contributed by atoms with Gasteiger partial charge in [-0.05, 0) is 24.0 Å². The van der Waals surface area contributed by atoms with Gasteiger partial charge in [0.15, 0.2) is 8.67 Å². The second-order valence-corrected chi connectivity index (χ2v) is 11.1. The number of alkyl halides is 9. The molecule has 23 heavy (non-hydrogen) atoms. The second kappa shape index (κ2) is 8.24. The third kappa shape index (κ3) is 4.76. The standard InChI is InChI=1S/C14H12Cl9/c1-2-3-4-9-5-7-10(8-6-9)11(15,16)12(17,18)13(19,20)14(21,22)23/h5-8H,1-4H2. The van der Waals surface area contributed by atoms with Crippen LogP contribution < -0.4 is 0 Å². The summed E-state index contributed by atoms with van der Waals surface area (Å²) < 4.78 is -8.69. The van der Waals surface area contributed by atoms with Crippen LogP contribution in [0.1, 0.15) is 24.0 Å². The van der Waals surface area contributed by atoms with Crippen LogP contribution in [-0.2, 0) is 10.8 Å². The Balaban J connectivity index is 3.19. The summed E-state index contributed by atoms with van der Waals surface area (Å²) in [6.07, 6.45) is 2.67. The van der Waals surface area contributed by atoms with Gasteiger partial charge in [0.05, 0.1) is 0 Å². The van der Waals surface area contributed by atoms with Gasteiger partial charge in [0.1, 0.15) is 0 Å². The maximum absolute atomic E-state index is 6.35. The summed E-state index contributed by atoms with van der Waals surface area (Å²) in [5, 5.41) is 0. The fourth-order valence-corrected chi connectivity index (χ4v) is 4.00. The van der Waals surface area contributed by atoms with Gasteiger partial charge in [0, 0.05) is 0 Å². The lowest BCUT2D eigenvalue weighted by molar-refractivity contribution is 0.600. The van der Waals surface area contributed by atoms with E-state index in [9.17, 15) is 0 Å². The van der Waals surface area contributed by atoms with Crippen molar-refractivity contribution >= 4 is 104 Å². The van der Waals surface area contributed by atoms with E-state index in [1.165, 1.54) is 0 Å². The molecule has 0 atom stereocenters. The fourth-order valence-electron chi connectivity index (χ4n) is 1.77. The summed E-state index contributed by atoms with van der Waals surface area (Å²) >= 11 is 54.6. The maximum atomic E-state index is 6.35. The van der Waals surface area contributed by atoms with Crippen LogP contribution in [0.15, 0.2) is 24.3 Å². The molecule has 0 saturated carbocycles. The summed E-state index contributed by atoms with van der Waals surface area (Å²) in [4.78, 5) is 0. The summed E-state index contributed by atoms with van der Waals surface area (Å²) in [6.45, 7) is 3.80. The second-order valence-electron chi connectivity index (χ2n) is 4.87. The Morgan fingerprint density at radius 1 is 0.739 bits per heavy atom. The highest BCUT2D eigenvalue weighted by atomic mass is 35.6. The van der Waals surface area contributed by atoms with Crippen LogP contribution in [0.3, 0.4) is 0 Å². The number of benzene rings is 1. The van der Waals surface area contributed by atoms with Crippen LogP contribution in [0.2, 0.25) is 0 Å². The molecule has 0 fully saturated rings. The van der Waals surface area contributed by atoms with Gasteiger partial charge in [-0.15, -0.1) is 0 Å². The number of hydrogen-bond donors (Lipinski definition) is 0. The lowest BCUT2D eigenvalue weighted by atomic mass is 10.0. The molecular formula is C14H12Cl9. The molecule has 0 bridgehead atoms. The average Bonchev–Trinajstić information content (AvgIpc) is 2.44. The molecule has 1 aromatic rings. The highest BCUT2D eigenvalue weighted by Gasteiger charge is 2.68. The van der Waals surface area contributed by atoms with Crippen molar-refractivity contribution in [1.29, 1.82) is 0 Å². The van der Waals surface area contributed by atoms with Crippen LogP contribution in [0.5, 0.6) is 0 Å².